The Kier molecular flexibility index (Phi) is 3.52. The number of aromatic nitrogens is 1. The van der Waals surface area contributed by atoms with E-state index in [4.69, 9.17) is 4.74 Å². The molecule has 0 N–H and O–H groups in total. The van der Waals surface area contributed by atoms with Crippen molar-refractivity contribution in [1.29, 1.82) is 0 Å². The molecule has 0 bridgehead atoms. The van der Waals surface area contributed by atoms with Crippen LogP contribution in [0.4, 0.5) is 0 Å². The van der Waals surface area contributed by atoms with Crippen molar-refractivity contribution in [2.24, 2.45) is 0 Å². The van der Waals surface area contributed by atoms with Crippen LogP contribution in [0.15, 0.2) is 54.6 Å². The maximum absolute atomic E-state index is 5.21. The third-order valence-corrected chi connectivity index (χ3v) is 4.15. The summed E-state index contributed by atoms with van der Waals surface area (Å²) in [5.74, 6) is 0.872. The van der Waals surface area contributed by atoms with Crippen LogP contribution in [0.5, 0.6) is 5.75 Å². The van der Waals surface area contributed by atoms with Crippen LogP contribution in [0.1, 0.15) is 5.01 Å². The van der Waals surface area contributed by atoms with Crippen molar-refractivity contribution >= 4 is 11.3 Å². The lowest BCUT2D eigenvalue weighted by atomic mass is 10.1. The highest BCUT2D eigenvalue weighted by molar-refractivity contribution is 7.15. The first-order chi connectivity index (χ1) is 9.78. The van der Waals surface area contributed by atoms with Crippen LogP contribution >= 0.6 is 11.3 Å². The first-order valence-corrected chi connectivity index (χ1v) is 7.27. The third-order valence-electron chi connectivity index (χ3n) is 3.13. The molecular weight excluding hydrogens is 266 g/mol. The molecule has 1 heterocycles. The van der Waals surface area contributed by atoms with Crippen molar-refractivity contribution in [1.82, 2.24) is 4.98 Å². The molecule has 0 saturated carbocycles. The van der Waals surface area contributed by atoms with Gasteiger partial charge in [0.05, 0.1) is 22.7 Å². The maximum atomic E-state index is 5.21. The summed E-state index contributed by atoms with van der Waals surface area (Å²) in [7, 11) is 1.68. The van der Waals surface area contributed by atoms with Gasteiger partial charge in [-0.3, -0.25) is 0 Å². The lowest BCUT2D eigenvalue weighted by Gasteiger charge is -2.04. The number of methoxy groups -OCH3 is 1. The number of aryl methyl sites for hydroxylation is 1. The Labute approximate surface area is 122 Å². The molecule has 0 radical (unpaired) electrons. The van der Waals surface area contributed by atoms with Crippen LogP contribution in [0.2, 0.25) is 0 Å². The first kappa shape index (κ1) is 12.9. The molecule has 0 fully saturated rings. The van der Waals surface area contributed by atoms with Gasteiger partial charge in [-0.2, -0.15) is 0 Å². The molecule has 1 aromatic heterocycles. The van der Waals surface area contributed by atoms with Crippen LogP contribution < -0.4 is 4.74 Å². The molecule has 20 heavy (non-hydrogen) atoms. The Balaban J connectivity index is 2.09. The number of hydrogen-bond acceptors (Lipinski definition) is 3. The molecule has 0 atom stereocenters. The van der Waals surface area contributed by atoms with E-state index in [-0.39, 0.29) is 0 Å². The van der Waals surface area contributed by atoms with Crippen molar-refractivity contribution < 1.29 is 4.74 Å². The van der Waals surface area contributed by atoms with Crippen LogP contribution in [0.25, 0.3) is 21.7 Å². The SMILES string of the molecule is COc1ccc(-c2sc(C)nc2-c2ccccc2)cc1. The number of benzene rings is 2. The summed E-state index contributed by atoms with van der Waals surface area (Å²) in [5.41, 5.74) is 3.39. The van der Waals surface area contributed by atoms with Gasteiger partial charge in [0.15, 0.2) is 0 Å². The number of hydrogen-bond donors (Lipinski definition) is 0. The van der Waals surface area contributed by atoms with Gasteiger partial charge in [-0.1, -0.05) is 30.3 Å². The molecule has 3 aromatic rings. The van der Waals surface area contributed by atoms with Crippen molar-refractivity contribution in [2.75, 3.05) is 7.11 Å². The van der Waals surface area contributed by atoms with Gasteiger partial charge in [-0.05, 0) is 36.8 Å². The maximum Gasteiger partial charge on any atom is 0.118 e. The van der Waals surface area contributed by atoms with E-state index in [9.17, 15) is 0 Å². The standard InChI is InChI=1S/C17H15NOS/c1-12-18-16(13-6-4-3-5-7-13)17(20-12)14-8-10-15(19-2)11-9-14/h3-11H,1-2H3. The van der Waals surface area contributed by atoms with E-state index >= 15 is 0 Å². The zero-order chi connectivity index (χ0) is 13.9. The summed E-state index contributed by atoms with van der Waals surface area (Å²) in [6.45, 7) is 2.05. The van der Waals surface area contributed by atoms with Crippen molar-refractivity contribution in [3.05, 3.63) is 59.6 Å². The number of thiazole rings is 1. The molecular formula is C17H15NOS. The normalized spacial score (nSPS) is 10.5. The van der Waals surface area contributed by atoms with E-state index in [2.05, 4.69) is 29.2 Å². The molecule has 2 aromatic carbocycles. The molecule has 0 aliphatic heterocycles. The minimum Gasteiger partial charge on any atom is -0.497 e. The second kappa shape index (κ2) is 5.47. The van der Waals surface area contributed by atoms with E-state index in [0.29, 0.717) is 0 Å². The topological polar surface area (TPSA) is 22.1 Å². The lowest BCUT2D eigenvalue weighted by molar-refractivity contribution is 0.415. The fraction of sp³-hybridized carbons (Fsp3) is 0.118. The average molecular weight is 281 g/mol. The Hall–Kier alpha value is -2.13. The summed E-state index contributed by atoms with van der Waals surface area (Å²) in [6.07, 6.45) is 0. The highest BCUT2D eigenvalue weighted by Crippen LogP contribution is 2.37. The second-order valence-electron chi connectivity index (χ2n) is 4.51. The van der Waals surface area contributed by atoms with Gasteiger partial charge in [-0.25, -0.2) is 4.98 Å². The molecule has 3 heteroatoms. The fourth-order valence-electron chi connectivity index (χ4n) is 2.16. The van der Waals surface area contributed by atoms with Crippen LogP contribution in [-0.2, 0) is 0 Å². The summed E-state index contributed by atoms with van der Waals surface area (Å²) < 4.78 is 5.21. The molecule has 0 amide bonds. The molecule has 3 rings (SSSR count). The van der Waals surface area contributed by atoms with E-state index in [0.717, 1.165) is 22.0 Å². The van der Waals surface area contributed by atoms with E-state index in [1.54, 1.807) is 18.4 Å². The van der Waals surface area contributed by atoms with Gasteiger partial charge in [0.2, 0.25) is 0 Å². The highest BCUT2D eigenvalue weighted by Gasteiger charge is 2.12. The molecule has 0 spiro atoms. The summed E-state index contributed by atoms with van der Waals surface area (Å²) in [6, 6.07) is 18.4. The minimum atomic E-state index is 0.872. The fourth-order valence-corrected chi connectivity index (χ4v) is 3.10. The van der Waals surface area contributed by atoms with Gasteiger partial charge >= 0.3 is 0 Å². The smallest absolute Gasteiger partial charge is 0.118 e. The van der Waals surface area contributed by atoms with E-state index < -0.39 is 0 Å². The number of nitrogens with zero attached hydrogens (tertiary/aromatic N) is 1. The molecule has 100 valence electrons. The van der Waals surface area contributed by atoms with E-state index in [1.165, 1.54) is 10.4 Å². The monoisotopic (exact) mass is 281 g/mol. The average Bonchev–Trinajstić information content (AvgIpc) is 2.90. The minimum absolute atomic E-state index is 0.872. The predicted octanol–water partition coefficient (Wildman–Crippen LogP) is 4.79. The highest BCUT2D eigenvalue weighted by atomic mass is 32.1. The van der Waals surface area contributed by atoms with Gasteiger partial charge in [-0.15, -0.1) is 11.3 Å². The van der Waals surface area contributed by atoms with Gasteiger partial charge in [0.1, 0.15) is 5.75 Å². The largest absolute Gasteiger partial charge is 0.497 e. The second-order valence-corrected chi connectivity index (χ2v) is 5.71. The zero-order valence-electron chi connectivity index (χ0n) is 11.5. The number of rotatable bonds is 3. The summed E-state index contributed by atoms with van der Waals surface area (Å²) in [5, 5.41) is 1.08. The zero-order valence-corrected chi connectivity index (χ0v) is 12.3. The van der Waals surface area contributed by atoms with Crippen LogP contribution in [0, 0.1) is 6.92 Å². The van der Waals surface area contributed by atoms with Gasteiger partial charge < -0.3 is 4.74 Å². The van der Waals surface area contributed by atoms with Crippen molar-refractivity contribution in [3.63, 3.8) is 0 Å². The molecule has 0 aliphatic carbocycles. The summed E-state index contributed by atoms with van der Waals surface area (Å²) in [4.78, 5) is 5.89. The predicted molar refractivity (Wildman–Crippen MR) is 84.3 cm³/mol. The molecule has 2 nitrogen and oxygen atoms in total. The van der Waals surface area contributed by atoms with Crippen molar-refractivity contribution in [2.45, 2.75) is 6.92 Å². The van der Waals surface area contributed by atoms with Crippen LogP contribution in [0.3, 0.4) is 0 Å². The summed E-state index contributed by atoms with van der Waals surface area (Å²) >= 11 is 1.72. The van der Waals surface area contributed by atoms with Crippen molar-refractivity contribution in [3.8, 4) is 27.4 Å². The molecule has 0 unspecified atom stereocenters. The Morgan fingerprint density at radius 3 is 2.25 bits per heavy atom. The molecule has 0 saturated heterocycles. The van der Waals surface area contributed by atoms with E-state index in [1.807, 2.05) is 37.3 Å². The molecule has 0 aliphatic rings. The Morgan fingerprint density at radius 1 is 0.900 bits per heavy atom. The third kappa shape index (κ3) is 2.45. The lowest BCUT2D eigenvalue weighted by Crippen LogP contribution is -1.84. The Morgan fingerprint density at radius 2 is 1.60 bits per heavy atom. The Bertz CT molecular complexity index is 702. The number of ether oxygens (including phenoxy) is 1. The van der Waals surface area contributed by atoms with Gasteiger partial charge in [0.25, 0.3) is 0 Å². The first-order valence-electron chi connectivity index (χ1n) is 6.45. The quantitative estimate of drug-likeness (QED) is 0.688. The van der Waals surface area contributed by atoms with Crippen LogP contribution in [-0.4, -0.2) is 12.1 Å². The van der Waals surface area contributed by atoms with Gasteiger partial charge in [0, 0.05) is 5.56 Å².